The lowest BCUT2D eigenvalue weighted by molar-refractivity contribution is 0.107. The third kappa shape index (κ3) is 2.82. The molecular weight excluding hydrogens is 172 g/mol. The summed E-state index contributed by atoms with van der Waals surface area (Å²) in [6, 6.07) is 0.349. The van der Waals surface area contributed by atoms with Crippen molar-refractivity contribution in [3.05, 3.63) is 12.2 Å². The third-order valence-corrected chi connectivity index (χ3v) is 3.07. The van der Waals surface area contributed by atoms with Gasteiger partial charge in [0.25, 0.3) is 0 Å². The van der Waals surface area contributed by atoms with Gasteiger partial charge in [-0.25, -0.2) is 0 Å². The van der Waals surface area contributed by atoms with Gasteiger partial charge in [0.15, 0.2) is 0 Å². The van der Waals surface area contributed by atoms with Gasteiger partial charge in [0.2, 0.25) is 0 Å². The van der Waals surface area contributed by atoms with Crippen molar-refractivity contribution in [2.45, 2.75) is 46.2 Å². The Morgan fingerprint density at radius 2 is 1.79 bits per heavy atom. The molecule has 0 fully saturated rings. The summed E-state index contributed by atoms with van der Waals surface area (Å²) in [6.07, 6.45) is 0. The summed E-state index contributed by atoms with van der Waals surface area (Å²) in [7, 11) is 2.00. The summed E-state index contributed by atoms with van der Waals surface area (Å²) < 4.78 is 0. The smallest absolute Gasteiger partial charge is 0.0453 e. The van der Waals surface area contributed by atoms with Gasteiger partial charge in [-0.05, 0) is 40.9 Å². The molecule has 84 valence electrons. The van der Waals surface area contributed by atoms with E-state index >= 15 is 0 Å². The highest BCUT2D eigenvalue weighted by molar-refractivity contribution is 5.11. The first-order valence-electron chi connectivity index (χ1n) is 5.49. The van der Waals surface area contributed by atoms with Crippen molar-refractivity contribution in [3.63, 3.8) is 0 Å². The SMILES string of the molecule is C=C(C)C(NC)C(C)(C)N(CC)CC. The standard InChI is InChI=1S/C12H26N2/c1-8-14(9-2)12(5,6)11(13-7)10(3)4/h11,13H,3,8-9H2,1-2,4-7H3. The number of rotatable bonds is 6. The van der Waals surface area contributed by atoms with E-state index in [-0.39, 0.29) is 5.54 Å². The zero-order valence-corrected chi connectivity index (χ0v) is 10.6. The van der Waals surface area contributed by atoms with E-state index in [0.717, 1.165) is 13.1 Å². The topological polar surface area (TPSA) is 15.3 Å². The average molecular weight is 198 g/mol. The van der Waals surface area contributed by atoms with E-state index in [1.807, 2.05) is 7.05 Å². The molecule has 1 atom stereocenters. The van der Waals surface area contributed by atoms with Crippen molar-refractivity contribution < 1.29 is 0 Å². The molecule has 2 nitrogen and oxygen atoms in total. The van der Waals surface area contributed by atoms with E-state index in [9.17, 15) is 0 Å². The first-order chi connectivity index (χ1) is 6.41. The molecule has 0 spiro atoms. The van der Waals surface area contributed by atoms with Crippen LogP contribution in [0, 0.1) is 0 Å². The minimum atomic E-state index is 0.129. The lowest BCUT2D eigenvalue weighted by Gasteiger charge is -2.43. The van der Waals surface area contributed by atoms with Crippen LogP contribution in [0.15, 0.2) is 12.2 Å². The Labute approximate surface area is 89.4 Å². The Balaban J connectivity index is 4.78. The lowest BCUT2D eigenvalue weighted by atomic mass is 9.88. The van der Waals surface area contributed by atoms with E-state index in [4.69, 9.17) is 0 Å². The van der Waals surface area contributed by atoms with E-state index < -0.39 is 0 Å². The molecule has 0 aliphatic carbocycles. The first-order valence-corrected chi connectivity index (χ1v) is 5.49. The van der Waals surface area contributed by atoms with Crippen LogP contribution in [0.4, 0.5) is 0 Å². The maximum Gasteiger partial charge on any atom is 0.0453 e. The van der Waals surface area contributed by atoms with E-state index in [2.05, 4.69) is 51.4 Å². The van der Waals surface area contributed by atoms with Crippen LogP contribution in [-0.2, 0) is 0 Å². The Morgan fingerprint density at radius 3 is 2.00 bits per heavy atom. The molecule has 0 aliphatic rings. The van der Waals surface area contributed by atoms with Crippen molar-refractivity contribution in [2.75, 3.05) is 20.1 Å². The summed E-state index contributed by atoms with van der Waals surface area (Å²) in [5, 5.41) is 3.35. The summed E-state index contributed by atoms with van der Waals surface area (Å²) in [5.41, 5.74) is 1.33. The molecule has 0 aromatic heterocycles. The van der Waals surface area contributed by atoms with Crippen LogP contribution in [0.25, 0.3) is 0 Å². The molecule has 0 radical (unpaired) electrons. The van der Waals surface area contributed by atoms with Gasteiger partial charge in [-0.15, -0.1) is 0 Å². The first kappa shape index (κ1) is 13.7. The number of hydrogen-bond donors (Lipinski definition) is 1. The molecule has 2 heteroatoms. The van der Waals surface area contributed by atoms with Crippen molar-refractivity contribution in [1.29, 1.82) is 0 Å². The van der Waals surface area contributed by atoms with Crippen LogP contribution < -0.4 is 5.32 Å². The maximum absolute atomic E-state index is 4.05. The molecule has 0 heterocycles. The quantitative estimate of drug-likeness (QED) is 0.659. The Bertz CT molecular complexity index is 181. The van der Waals surface area contributed by atoms with Gasteiger partial charge in [0.05, 0.1) is 0 Å². The molecule has 0 aliphatic heterocycles. The average Bonchev–Trinajstić information content (AvgIpc) is 2.05. The molecule has 1 N–H and O–H groups in total. The van der Waals surface area contributed by atoms with Crippen LogP contribution in [0.1, 0.15) is 34.6 Å². The van der Waals surface area contributed by atoms with E-state index in [0.29, 0.717) is 6.04 Å². The second-order valence-electron chi connectivity index (χ2n) is 4.39. The van der Waals surface area contributed by atoms with Gasteiger partial charge < -0.3 is 5.32 Å². The molecular formula is C12H26N2. The fourth-order valence-electron chi connectivity index (χ4n) is 2.42. The Kier molecular flexibility index (Phi) is 5.38. The van der Waals surface area contributed by atoms with Crippen LogP contribution >= 0.6 is 0 Å². The molecule has 14 heavy (non-hydrogen) atoms. The number of likely N-dealkylation sites (N-methyl/N-ethyl adjacent to an activating group) is 2. The maximum atomic E-state index is 4.05. The van der Waals surface area contributed by atoms with Crippen LogP contribution in [0.5, 0.6) is 0 Å². The predicted octanol–water partition coefficient (Wildman–Crippen LogP) is 2.27. The van der Waals surface area contributed by atoms with Crippen molar-refractivity contribution in [1.82, 2.24) is 10.2 Å². The molecule has 1 unspecified atom stereocenters. The van der Waals surface area contributed by atoms with Crippen LogP contribution in [0.3, 0.4) is 0 Å². The second-order valence-corrected chi connectivity index (χ2v) is 4.39. The third-order valence-electron chi connectivity index (χ3n) is 3.07. The number of hydrogen-bond acceptors (Lipinski definition) is 2. The zero-order chi connectivity index (χ0) is 11.4. The van der Waals surface area contributed by atoms with Crippen molar-refractivity contribution in [2.24, 2.45) is 0 Å². The molecule has 0 bridgehead atoms. The second kappa shape index (κ2) is 5.52. The minimum absolute atomic E-state index is 0.129. The fraction of sp³-hybridized carbons (Fsp3) is 0.833. The van der Waals surface area contributed by atoms with E-state index in [1.165, 1.54) is 5.57 Å². The molecule has 0 saturated heterocycles. The highest BCUT2D eigenvalue weighted by Gasteiger charge is 2.33. The number of nitrogens with one attached hydrogen (secondary N) is 1. The summed E-state index contributed by atoms with van der Waals surface area (Å²) in [5.74, 6) is 0. The Hall–Kier alpha value is -0.340. The summed E-state index contributed by atoms with van der Waals surface area (Å²) in [6.45, 7) is 17.3. The monoisotopic (exact) mass is 198 g/mol. The zero-order valence-electron chi connectivity index (χ0n) is 10.6. The predicted molar refractivity (Wildman–Crippen MR) is 64.7 cm³/mol. The van der Waals surface area contributed by atoms with Gasteiger partial charge in [0.1, 0.15) is 0 Å². The van der Waals surface area contributed by atoms with Crippen LogP contribution in [-0.4, -0.2) is 36.6 Å². The van der Waals surface area contributed by atoms with Gasteiger partial charge >= 0.3 is 0 Å². The van der Waals surface area contributed by atoms with Crippen molar-refractivity contribution in [3.8, 4) is 0 Å². The largest absolute Gasteiger partial charge is 0.312 e. The Morgan fingerprint density at radius 1 is 1.36 bits per heavy atom. The lowest BCUT2D eigenvalue weighted by Crippen LogP contribution is -2.57. The summed E-state index contributed by atoms with van der Waals surface area (Å²) >= 11 is 0. The minimum Gasteiger partial charge on any atom is -0.312 e. The molecule has 0 aromatic rings. The molecule has 0 aromatic carbocycles. The summed E-state index contributed by atoms with van der Waals surface area (Å²) in [4.78, 5) is 2.46. The van der Waals surface area contributed by atoms with Gasteiger partial charge in [-0.2, -0.15) is 0 Å². The van der Waals surface area contributed by atoms with Crippen molar-refractivity contribution >= 4 is 0 Å². The van der Waals surface area contributed by atoms with Gasteiger partial charge in [-0.3, -0.25) is 4.90 Å². The van der Waals surface area contributed by atoms with Gasteiger partial charge in [0, 0.05) is 11.6 Å². The normalized spacial score (nSPS) is 14.5. The van der Waals surface area contributed by atoms with Crippen LogP contribution in [0.2, 0.25) is 0 Å². The number of nitrogens with zero attached hydrogens (tertiary/aromatic N) is 1. The highest BCUT2D eigenvalue weighted by Crippen LogP contribution is 2.22. The highest BCUT2D eigenvalue weighted by atomic mass is 15.2. The van der Waals surface area contributed by atoms with Gasteiger partial charge in [-0.1, -0.05) is 26.0 Å². The molecule has 0 saturated carbocycles. The van der Waals surface area contributed by atoms with E-state index in [1.54, 1.807) is 0 Å². The molecule has 0 amide bonds. The fourth-order valence-corrected chi connectivity index (χ4v) is 2.42. The molecule has 0 rings (SSSR count).